The third-order valence-corrected chi connectivity index (χ3v) is 4.61. The van der Waals surface area contributed by atoms with E-state index in [0.717, 1.165) is 25.2 Å². The van der Waals surface area contributed by atoms with Crippen LogP contribution in [0, 0.1) is 0 Å². The zero-order valence-corrected chi connectivity index (χ0v) is 13.3. The molecule has 0 aliphatic carbocycles. The largest absolute Gasteiger partial charge is 0.494 e. The summed E-state index contributed by atoms with van der Waals surface area (Å²) in [4.78, 5) is 1.39. The quantitative estimate of drug-likeness (QED) is 0.819. The van der Waals surface area contributed by atoms with Gasteiger partial charge in [-0.1, -0.05) is 18.2 Å². The van der Waals surface area contributed by atoms with Crippen molar-refractivity contribution in [1.82, 2.24) is 5.32 Å². The lowest BCUT2D eigenvalue weighted by Crippen LogP contribution is -2.29. The Morgan fingerprint density at radius 2 is 2.00 bits per heavy atom. The molecule has 0 bridgehead atoms. The third kappa shape index (κ3) is 4.97. The summed E-state index contributed by atoms with van der Waals surface area (Å²) in [6.45, 7) is 0.738. The summed E-state index contributed by atoms with van der Waals surface area (Å²) in [6.07, 6.45) is 2.05. The zero-order chi connectivity index (χ0) is 13.5. The second kappa shape index (κ2) is 7.68. The molecule has 2 nitrogen and oxygen atoms in total. The number of hydrogen-bond acceptors (Lipinski definition) is 3. The van der Waals surface area contributed by atoms with Crippen molar-refractivity contribution >= 4 is 27.3 Å². The summed E-state index contributed by atoms with van der Waals surface area (Å²) in [7, 11) is 2.01. The highest BCUT2D eigenvalue weighted by Gasteiger charge is 2.09. The monoisotopic (exact) mass is 339 g/mol. The highest BCUT2D eigenvalue weighted by Crippen LogP contribution is 2.23. The third-order valence-electron chi connectivity index (χ3n) is 2.96. The number of nitrogens with one attached hydrogen (secondary N) is 1. The molecule has 0 saturated heterocycles. The minimum atomic E-state index is 0.453. The van der Waals surface area contributed by atoms with Crippen LogP contribution in [0.25, 0.3) is 0 Å². The Morgan fingerprint density at radius 1 is 1.21 bits per heavy atom. The van der Waals surface area contributed by atoms with E-state index in [-0.39, 0.29) is 0 Å². The van der Waals surface area contributed by atoms with Crippen LogP contribution in [0.3, 0.4) is 0 Å². The number of para-hydroxylation sites is 1. The van der Waals surface area contributed by atoms with Crippen molar-refractivity contribution in [3.63, 3.8) is 0 Å². The molecule has 1 heterocycles. The second-order valence-electron chi connectivity index (χ2n) is 4.35. The van der Waals surface area contributed by atoms with Crippen LogP contribution in [0.2, 0.25) is 0 Å². The molecular formula is C15H18BrNOS. The number of benzene rings is 1. The molecule has 0 amide bonds. The van der Waals surface area contributed by atoms with Gasteiger partial charge in [0.1, 0.15) is 5.75 Å². The first-order valence-electron chi connectivity index (χ1n) is 6.37. The molecule has 1 aromatic heterocycles. The van der Waals surface area contributed by atoms with E-state index in [9.17, 15) is 0 Å². The average Bonchev–Trinajstić information content (AvgIpc) is 2.84. The molecule has 0 fully saturated rings. The number of hydrogen-bond donors (Lipinski definition) is 1. The van der Waals surface area contributed by atoms with Gasteiger partial charge in [-0.3, -0.25) is 0 Å². The van der Waals surface area contributed by atoms with Crippen LogP contribution in [-0.4, -0.2) is 19.7 Å². The molecule has 0 spiro atoms. The van der Waals surface area contributed by atoms with E-state index in [0.29, 0.717) is 6.04 Å². The van der Waals surface area contributed by atoms with Gasteiger partial charge in [0.05, 0.1) is 10.4 Å². The van der Waals surface area contributed by atoms with Crippen molar-refractivity contribution in [2.45, 2.75) is 18.9 Å². The molecule has 0 aliphatic rings. The number of halogens is 1. The van der Waals surface area contributed by atoms with Gasteiger partial charge in [0.15, 0.2) is 0 Å². The van der Waals surface area contributed by atoms with Crippen LogP contribution < -0.4 is 10.1 Å². The van der Waals surface area contributed by atoms with Crippen molar-refractivity contribution in [2.24, 2.45) is 0 Å². The summed E-state index contributed by atoms with van der Waals surface area (Å²) in [5.74, 6) is 0.941. The second-order valence-corrected chi connectivity index (χ2v) is 6.89. The Bertz CT molecular complexity index is 486. The van der Waals surface area contributed by atoms with Gasteiger partial charge in [-0.05, 0) is 60.1 Å². The molecule has 1 aromatic carbocycles. The van der Waals surface area contributed by atoms with E-state index in [4.69, 9.17) is 4.74 Å². The maximum absolute atomic E-state index is 5.74. The summed E-state index contributed by atoms with van der Waals surface area (Å²) in [6, 6.07) is 14.7. The van der Waals surface area contributed by atoms with Gasteiger partial charge in [0.2, 0.25) is 0 Å². The van der Waals surface area contributed by atoms with Gasteiger partial charge < -0.3 is 10.1 Å². The maximum Gasteiger partial charge on any atom is 0.119 e. The van der Waals surface area contributed by atoms with Crippen LogP contribution in [-0.2, 0) is 6.42 Å². The predicted octanol–water partition coefficient (Wildman–Crippen LogP) is 4.11. The van der Waals surface area contributed by atoms with Crippen LogP contribution in [0.15, 0.2) is 46.3 Å². The van der Waals surface area contributed by atoms with Gasteiger partial charge in [0, 0.05) is 10.9 Å². The fourth-order valence-corrected chi connectivity index (χ4v) is 3.45. The lowest BCUT2D eigenvalue weighted by molar-refractivity contribution is 0.288. The standard InChI is InChI=1S/C15H18BrNOS/c1-17-12(11-14-7-8-15(16)19-14)9-10-18-13-5-3-2-4-6-13/h2-8,12,17H,9-11H2,1H3. The molecule has 1 unspecified atom stereocenters. The zero-order valence-electron chi connectivity index (χ0n) is 10.9. The minimum Gasteiger partial charge on any atom is -0.494 e. The Kier molecular flexibility index (Phi) is 5.89. The topological polar surface area (TPSA) is 21.3 Å². The lowest BCUT2D eigenvalue weighted by Gasteiger charge is -2.15. The maximum atomic E-state index is 5.74. The fraction of sp³-hybridized carbons (Fsp3) is 0.333. The van der Waals surface area contributed by atoms with E-state index in [2.05, 4.69) is 33.4 Å². The van der Waals surface area contributed by atoms with E-state index < -0.39 is 0 Å². The molecule has 0 aliphatic heterocycles. The normalized spacial score (nSPS) is 12.3. The van der Waals surface area contributed by atoms with Gasteiger partial charge in [-0.2, -0.15) is 0 Å². The molecule has 19 heavy (non-hydrogen) atoms. The number of rotatable bonds is 7. The van der Waals surface area contributed by atoms with Crippen LogP contribution in [0.4, 0.5) is 0 Å². The van der Waals surface area contributed by atoms with Crippen molar-refractivity contribution in [1.29, 1.82) is 0 Å². The van der Waals surface area contributed by atoms with Crippen molar-refractivity contribution in [3.05, 3.63) is 51.1 Å². The lowest BCUT2D eigenvalue weighted by atomic mass is 10.1. The summed E-state index contributed by atoms with van der Waals surface area (Å²) >= 11 is 5.30. The molecule has 4 heteroatoms. The molecule has 102 valence electrons. The number of likely N-dealkylation sites (N-methyl/N-ethyl adjacent to an activating group) is 1. The van der Waals surface area contributed by atoms with Gasteiger partial charge in [0.25, 0.3) is 0 Å². The number of thiophene rings is 1. The van der Waals surface area contributed by atoms with E-state index in [1.165, 1.54) is 8.66 Å². The Morgan fingerprint density at radius 3 is 2.63 bits per heavy atom. The molecule has 2 aromatic rings. The summed E-state index contributed by atoms with van der Waals surface area (Å²) in [5.41, 5.74) is 0. The van der Waals surface area contributed by atoms with E-state index in [1.54, 1.807) is 11.3 Å². The van der Waals surface area contributed by atoms with Gasteiger partial charge in [-0.25, -0.2) is 0 Å². The Balaban J connectivity index is 1.76. The van der Waals surface area contributed by atoms with Crippen molar-refractivity contribution in [2.75, 3.05) is 13.7 Å². The molecule has 2 rings (SSSR count). The smallest absolute Gasteiger partial charge is 0.119 e. The van der Waals surface area contributed by atoms with Crippen molar-refractivity contribution in [3.8, 4) is 5.75 Å². The average molecular weight is 340 g/mol. The fourth-order valence-electron chi connectivity index (χ4n) is 1.89. The van der Waals surface area contributed by atoms with Crippen LogP contribution in [0.1, 0.15) is 11.3 Å². The highest BCUT2D eigenvalue weighted by molar-refractivity contribution is 9.11. The minimum absolute atomic E-state index is 0.453. The molecular weight excluding hydrogens is 322 g/mol. The van der Waals surface area contributed by atoms with Crippen LogP contribution in [0.5, 0.6) is 5.75 Å². The number of ether oxygens (including phenoxy) is 1. The molecule has 0 radical (unpaired) electrons. The first-order chi connectivity index (χ1) is 9.28. The Labute approximate surface area is 126 Å². The molecule has 1 atom stereocenters. The Hall–Kier alpha value is -0.840. The van der Waals surface area contributed by atoms with Gasteiger partial charge in [-0.15, -0.1) is 11.3 Å². The first-order valence-corrected chi connectivity index (χ1v) is 7.98. The molecule has 1 N–H and O–H groups in total. The highest BCUT2D eigenvalue weighted by atomic mass is 79.9. The summed E-state index contributed by atoms with van der Waals surface area (Å²) in [5, 5.41) is 3.36. The summed E-state index contributed by atoms with van der Waals surface area (Å²) < 4.78 is 6.93. The predicted molar refractivity (Wildman–Crippen MR) is 85.1 cm³/mol. The van der Waals surface area contributed by atoms with E-state index in [1.807, 2.05) is 37.4 Å². The molecule has 0 saturated carbocycles. The first kappa shape index (κ1) is 14.6. The van der Waals surface area contributed by atoms with E-state index >= 15 is 0 Å². The SMILES string of the molecule is CNC(CCOc1ccccc1)Cc1ccc(Br)s1. The van der Waals surface area contributed by atoms with Crippen molar-refractivity contribution < 1.29 is 4.74 Å². The van der Waals surface area contributed by atoms with Crippen LogP contribution >= 0.6 is 27.3 Å². The van der Waals surface area contributed by atoms with Gasteiger partial charge >= 0.3 is 0 Å².